The van der Waals surface area contributed by atoms with E-state index >= 15 is 0 Å². The molecule has 1 aromatic carbocycles. The van der Waals surface area contributed by atoms with Gasteiger partial charge >= 0.3 is 6.18 Å². The quantitative estimate of drug-likeness (QED) is 0.588. The van der Waals surface area contributed by atoms with Crippen molar-refractivity contribution in [1.82, 2.24) is 0 Å². The summed E-state index contributed by atoms with van der Waals surface area (Å²) in [6.07, 6.45) is -4.03. The maximum absolute atomic E-state index is 12.0. The summed E-state index contributed by atoms with van der Waals surface area (Å²) in [5.74, 6) is 0.558. The molecule has 19 heavy (non-hydrogen) atoms. The average molecular weight is 276 g/mol. The van der Waals surface area contributed by atoms with Crippen LogP contribution in [0.2, 0.25) is 0 Å². The van der Waals surface area contributed by atoms with Gasteiger partial charge in [-0.3, -0.25) is 0 Å². The Hall–Kier alpha value is -1.59. The molecule has 0 saturated heterocycles. The molecule has 0 aliphatic heterocycles. The van der Waals surface area contributed by atoms with Gasteiger partial charge in [0.2, 0.25) is 0 Å². The maximum atomic E-state index is 12.0. The Balaban J connectivity index is 2.49. The molecule has 1 aromatic rings. The minimum absolute atomic E-state index is 0.0168. The van der Waals surface area contributed by atoms with E-state index in [1.165, 1.54) is 0 Å². The molecular weight excluding hydrogens is 257 g/mol. The van der Waals surface area contributed by atoms with E-state index in [1.54, 1.807) is 18.2 Å². The highest BCUT2D eigenvalue weighted by Gasteiger charge is 2.25. The molecule has 0 atom stereocenters. The van der Waals surface area contributed by atoms with Crippen LogP contribution in [0.4, 0.5) is 24.5 Å². The Morgan fingerprint density at radius 2 is 2.05 bits per heavy atom. The number of ether oxygens (including phenoxy) is 1. The van der Waals surface area contributed by atoms with Gasteiger partial charge in [-0.05, 0) is 25.0 Å². The third-order valence-corrected chi connectivity index (χ3v) is 2.48. The number of alkyl halides is 3. The first-order valence-electron chi connectivity index (χ1n) is 6.26. The maximum Gasteiger partial charge on any atom is 0.389 e. The molecule has 0 heterocycles. The highest BCUT2D eigenvalue weighted by molar-refractivity contribution is 5.72. The zero-order valence-corrected chi connectivity index (χ0v) is 10.9. The Morgan fingerprint density at radius 1 is 1.32 bits per heavy atom. The van der Waals surface area contributed by atoms with E-state index in [0.29, 0.717) is 23.7 Å². The fourth-order valence-corrected chi connectivity index (χ4v) is 1.55. The second-order valence-electron chi connectivity index (χ2n) is 4.21. The summed E-state index contributed by atoms with van der Waals surface area (Å²) in [6.45, 7) is 2.76. The number of para-hydroxylation sites is 1. The zero-order valence-electron chi connectivity index (χ0n) is 10.9. The van der Waals surface area contributed by atoms with Gasteiger partial charge in [0.05, 0.1) is 18.0 Å². The lowest BCUT2D eigenvalue weighted by Crippen LogP contribution is -2.11. The first-order valence-corrected chi connectivity index (χ1v) is 6.26. The number of hydrogen-bond donors (Lipinski definition) is 2. The van der Waals surface area contributed by atoms with Crippen LogP contribution in [0.15, 0.2) is 18.2 Å². The van der Waals surface area contributed by atoms with Crippen molar-refractivity contribution < 1.29 is 17.9 Å². The van der Waals surface area contributed by atoms with Gasteiger partial charge in [-0.2, -0.15) is 13.2 Å². The lowest BCUT2D eigenvalue weighted by Gasteiger charge is -2.14. The molecule has 0 aliphatic rings. The molecule has 0 fully saturated rings. The van der Waals surface area contributed by atoms with Crippen molar-refractivity contribution in [2.24, 2.45) is 0 Å². The molecule has 0 radical (unpaired) electrons. The minimum atomic E-state index is -4.11. The third-order valence-electron chi connectivity index (χ3n) is 2.48. The number of halogens is 3. The van der Waals surface area contributed by atoms with E-state index in [0.717, 1.165) is 6.42 Å². The van der Waals surface area contributed by atoms with Gasteiger partial charge in [-0.1, -0.05) is 13.0 Å². The lowest BCUT2D eigenvalue weighted by molar-refractivity contribution is -0.134. The molecule has 6 heteroatoms. The van der Waals surface area contributed by atoms with E-state index in [1.807, 2.05) is 6.92 Å². The van der Waals surface area contributed by atoms with Gasteiger partial charge in [0.25, 0.3) is 0 Å². The second-order valence-corrected chi connectivity index (χ2v) is 4.21. The first kappa shape index (κ1) is 15.5. The summed E-state index contributed by atoms with van der Waals surface area (Å²) in [5, 5.41) is 2.90. The number of anilines is 2. The van der Waals surface area contributed by atoms with E-state index < -0.39 is 12.6 Å². The average Bonchev–Trinajstić information content (AvgIpc) is 2.33. The SMILES string of the molecule is CCCOc1cccc(NCCCC(F)(F)F)c1N. The van der Waals surface area contributed by atoms with E-state index in [9.17, 15) is 13.2 Å². The number of nitrogens with one attached hydrogen (secondary N) is 1. The van der Waals surface area contributed by atoms with Crippen molar-refractivity contribution in [2.45, 2.75) is 32.4 Å². The first-order chi connectivity index (χ1) is 8.94. The van der Waals surface area contributed by atoms with Crippen molar-refractivity contribution in [3.8, 4) is 5.75 Å². The fraction of sp³-hybridized carbons (Fsp3) is 0.538. The van der Waals surface area contributed by atoms with E-state index in [2.05, 4.69) is 5.32 Å². The predicted octanol–water partition coefficient (Wildman–Crippen LogP) is 3.81. The summed E-state index contributed by atoms with van der Waals surface area (Å²) in [5.41, 5.74) is 6.92. The van der Waals surface area contributed by atoms with Crippen LogP contribution in [-0.4, -0.2) is 19.3 Å². The molecule has 0 spiro atoms. The fourth-order valence-electron chi connectivity index (χ4n) is 1.55. The standard InChI is InChI=1S/C13H19F3N2O/c1-2-9-19-11-6-3-5-10(12(11)17)18-8-4-7-13(14,15)16/h3,5-6,18H,2,4,7-9,17H2,1H3. The van der Waals surface area contributed by atoms with Crippen molar-refractivity contribution in [2.75, 3.05) is 24.2 Å². The molecular formula is C13H19F3N2O. The van der Waals surface area contributed by atoms with Crippen LogP contribution < -0.4 is 15.8 Å². The summed E-state index contributed by atoms with van der Waals surface area (Å²) < 4.78 is 41.4. The van der Waals surface area contributed by atoms with Crippen LogP contribution in [0.1, 0.15) is 26.2 Å². The Bertz CT molecular complexity index is 394. The van der Waals surface area contributed by atoms with Gasteiger partial charge in [0, 0.05) is 13.0 Å². The molecule has 0 aromatic heterocycles. The number of hydrogen-bond acceptors (Lipinski definition) is 3. The summed E-state index contributed by atoms with van der Waals surface area (Å²) in [4.78, 5) is 0. The monoisotopic (exact) mass is 276 g/mol. The molecule has 3 nitrogen and oxygen atoms in total. The van der Waals surface area contributed by atoms with Gasteiger partial charge in [0.1, 0.15) is 5.75 Å². The van der Waals surface area contributed by atoms with Crippen LogP contribution in [0, 0.1) is 0 Å². The summed E-state index contributed by atoms with van der Waals surface area (Å²) in [7, 11) is 0. The molecule has 0 aliphatic carbocycles. The van der Waals surface area contributed by atoms with E-state index in [4.69, 9.17) is 10.5 Å². The molecule has 0 unspecified atom stereocenters. The summed E-state index contributed by atoms with van der Waals surface area (Å²) >= 11 is 0. The molecule has 0 amide bonds. The van der Waals surface area contributed by atoms with Crippen molar-refractivity contribution in [3.63, 3.8) is 0 Å². The van der Waals surface area contributed by atoms with Gasteiger partial charge in [-0.15, -0.1) is 0 Å². The van der Waals surface area contributed by atoms with E-state index in [-0.39, 0.29) is 13.0 Å². The number of benzene rings is 1. The smallest absolute Gasteiger partial charge is 0.389 e. The topological polar surface area (TPSA) is 47.3 Å². The highest BCUT2D eigenvalue weighted by Crippen LogP contribution is 2.29. The summed E-state index contributed by atoms with van der Waals surface area (Å²) in [6, 6.07) is 5.22. The van der Waals surface area contributed by atoms with Crippen molar-refractivity contribution >= 4 is 11.4 Å². The predicted molar refractivity (Wildman–Crippen MR) is 70.4 cm³/mol. The van der Waals surface area contributed by atoms with Gasteiger partial charge < -0.3 is 15.8 Å². The second kappa shape index (κ2) is 7.11. The number of rotatable bonds is 7. The third kappa shape index (κ3) is 5.72. The largest absolute Gasteiger partial charge is 0.491 e. The lowest BCUT2D eigenvalue weighted by atomic mass is 10.2. The van der Waals surface area contributed by atoms with Crippen LogP contribution >= 0.6 is 0 Å². The minimum Gasteiger partial charge on any atom is -0.491 e. The molecule has 0 bridgehead atoms. The molecule has 0 saturated carbocycles. The number of nitrogens with two attached hydrogens (primary N) is 1. The van der Waals surface area contributed by atoms with Crippen LogP contribution in [0.3, 0.4) is 0 Å². The Morgan fingerprint density at radius 3 is 2.68 bits per heavy atom. The Labute approximate surface area is 110 Å². The Kier molecular flexibility index (Phi) is 5.79. The number of nitrogen functional groups attached to an aromatic ring is 1. The normalized spacial score (nSPS) is 11.4. The molecule has 108 valence electrons. The van der Waals surface area contributed by atoms with Gasteiger partial charge in [0.15, 0.2) is 0 Å². The van der Waals surface area contributed by atoms with Crippen molar-refractivity contribution in [1.29, 1.82) is 0 Å². The zero-order chi connectivity index (χ0) is 14.3. The molecule has 1 rings (SSSR count). The van der Waals surface area contributed by atoms with Crippen LogP contribution in [0.25, 0.3) is 0 Å². The highest BCUT2D eigenvalue weighted by atomic mass is 19.4. The van der Waals surface area contributed by atoms with Crippen LogP contribution in [-0.2, 0) is 0 Å². The van der Waals surface area contributed by atoms with Crippen molar-refractivity contribution in [3.05, 3.63) is 18.2 Å². The van der Waals surface area contributed by atoms with Gasteiger partial charge in [-0.25, -0.2) is 0 Å². The molecule has 3 N–H and O–H groups in total. The van der Waals surface area contributed by atoms with Crippen LogP contribution in [0.5, 0.6) is 5.75 Å².